The Balaban J connectivity index is 1.63. The number of anilines is 1. The SMILES string of the molecule is COCO[C@H]1CCN([C@@H](CN(C)c2ccc(C(=O)NCCC(F)(F)F)cc2)c2ccccc2)C1. The van der Waals surface area contributed by atoms with Crippen LogP contribution in [0.15, 0.2) is 54.6 Å². The van der Waals surface area contributed by atoms with E-state index in [0.29, 0.717) is 5.56 Å². The van der Waals surface area contributed by atoms with Gasteiger partial charge in [-0.15, -0.1) is 0 Å². The smallest absolute Gasteiger partial charge is 0.373 e. The van der Waals surface area contributed by atoms with Crippen LogP contribution in [0.1, 0.15) is 34.8 Å². The fourth-order valence-electron chi connectivity index (χ4n) is 4.10. The normalized spacial score (nSPS) is 17.5. The molecule has 3 rings (SSSR count). The lowest BCUT2D eigenvalue weighted by atomic mass is 10.0. The van der Waals surface area contributed by atoms with Gasteiger partial charge in [-0.3, -0.25) is 9.69 Å². The van der Waals surface area contributed by atoms with Crippen LogP contribution in [0.25, 0.3) is 0 Å². The summed E-state index contributed by atoms with van der Waals surface area (Å²) in [7, 11) is 3.61. The average Bonchev–Trinajstić information content (AvgIpc) is 3.29. The molecule has 34 heavy (non-hydrogen) atoms. The maximum atomic E-state index is 12.3. The standard InChI is InChI=1S/C25H32F3N3O3/c1-30(21-10-8-20(9-11-21)24(32)29-14-13-25(26,27)28)17-23(19-6-4-3-5-7-19)31-15-12-22(16-31)34-18-33-2/h3-11,22-23H,12-18H2,1-2H3,(H,29,32)/t22-,23-/m0/s1. The summed E-state index contributed by atoms with van der Waals surface area (Å²) in [4.78, 5) is 16.7. The molecule has 0 radical (unpaired) electrons. The van der Waals surface area contributed by atoms with Gasteiger partial charge in [-0.05, 0) is 36.2 Å². The zero-order valence-electron chi connectivity index (χ0n) is 19.6. The van der Waals surface area contributed by atoms with Crippen molar-refractivity contribution in [2.45, 2.75) is 31.2 Å². The molecule has 0 spiro atoms. The molecule has 1 fully saturated rings. The highest BCUT2D eigenvalue weighted by molar-refractivity contribution is 5.94. The van der Waals surface area contributed by atoms with Crippen LogP contribution in [-0.4, -0.2) is 70.2 Å². The number of benzene rings is 2. The highest BCUT2D eigenvalue weighted by Crippen LogP contribution is 2.28. The Bertz CT molecular complexity index is 894. The minimum atomic E-state index is -4.29. The summed E-state index contributed by atoms with van der Waals surface area (Å²) in [5.74, 6) is -0.514. The Morgan fingerprint density at radius 3 is 2.53 bits per heavy atom. The van der Waals surface area contributed by atoms with Gasteiger partial charge < -0.3 is 19.7 Å². The monoisotopic (exact) mass is 479 g/mol. The van der Waals surface area contributed by atoms with E-state index in [0.717, 1.165) is 31.7 Å². The minimum Gasteiger partial charge on any atom is -0.373 e. The van der Waals surface area contributed by atoms with Crippen LogP contribution >= 0.6 is 0 Å². The van der Waals surface area contributed by atoms with Crippen LogP contribution in [0, 0.1) is 0 Å². The van der Waals surface area contributed by atoms with Gasteiger partial charge in [0, 0.05) is 51.6 Å². The number of hydrogen-bond donors (Lipinski definition) is 1. The van der Waals surface area contributed by atoms with Crippen LogP contribution in [0.5, 0.6) is 0 Å². The van der Waals surface area contributed by atoms with Crippen molar-refractivity contribution in [3.63, 3.8) is 0 Å². The Morgan fingerprint density at radius 1 is 1.18 bits per heavy atom. The number of amides is 1. The zero-order chi connectivity index (χ0) is 24.6. The fraction of sp³-hybridized carbons (Fsp3) is 0.480. The molecule has 1 amide bonds. The van der Waals surface area contributed by atoms with Gasteiger partial charge in [0.05, 0.1) is 18.6 Å². The van der Waals surface area contributed by atoms with Gasteiger partial charge in [0.15, 0.2) is 0 Å². The number of methoxy groups -OCH3 is 1. The summed E-state index contributed by atoms with van der Waals surface area (Å²) in [5.41, 5.74) is 2.46. The van der Waals surface area contributed by atoms with E-state index in [9.17, 15) is 18.0 Å². The van der Waals surface area contributed by atoms with E-state index in [1.165, 1.54) is 5.56 Å². The van der Waals surface area contributed by atoms with E-state index in [1.807, 2.05) is 37.4 Å². The fourth-order valence-corrected chi connectivity index (χ4v) is 4.10. The highest BCUT2D eigenvalue weighted by atomic mass is 19.4. The van der Waals surface area contributed by atoms with E-state index in [4.69, 9.17) is 9.47 Å². The van der Waals surface area contributed by atoms with Crippen molar-refractivity contribution >= 4 is 11.6 Å². The molecule has 1 aliphatic rings. The Morgan fingerprint density at radius 2 is 1.88 bits per heavy atom. The third-order valence-corrected chi connectivity index (χ3v) is 5.93. The first-order chi connectivity index (χ1) is 16.3. The number of ether oxygens (including phenoxy) is 2. The van der Waals surface area contributed by atoms with Crippen LogP contribution in [-0.2, 0) is 9.47 Å². The molecule has 0 unspecified atom stereocenters. The second kappa shape index (κ2) is 12.2. The summed E-state index contributed by atoms with van der Waals surface area (Å²) in [6, 6.07) is 17.3. The first kappa shape index (κ1) is 26.0. The molecule has 1 aliphatic heterocycles. The molecule has 186 valence electrons. The molecule has 2 atom stereocenters. The van der Waals surface area contributed by atoms with Crippen LogP contribution in [0.2, 0.25) is 0 Å². The van der Waals surface area contributed by atoms with Crippen molar-refractivity contribution in [3.8, 4) is 0 Å². The zero-order valence-corrected chi connectivity index (χ0v) is 19.6. The maximum absolute atomic E-state index is 12.3. The average molecular weight is 480 g/mol. The number of likely N-dealkylation sites (N-methyl/N-ethyl adjacent to an activating group) is 1. The van der Waals surface area contributed by atoms with Gasteiger partial charge in [0.2, 0.25) is 0 Å². The molecule has 6 nitrogen and oxygen atoms in total. The first-order valence-electron chi connectivity index (χ1n) is 11.3. The predicted octanol–water partition coefficient (Wildman–Crippen LogP) is 4.24. The largest absolute Gasteiger partial charge is 0.390 e. The molecule has 0 aromatic heterocycles. The second-order valence-electron chi connectivity index (χ2n) is 8.45. The Labute approximate surface area is 198 Å². The van der Waals surface area contributed by atoms with Gasteiger partial charge in [0.25, 0.3) is 5.91 Å². The molecular formula is C25H32F3N3O3. The molecule has 9 heteroatoms. The highest BCUT2D eigenvalue weighted by Gasteiger charge is 2.30. The molecular weight excluding hydrogens is 447 g/mol. The third-order valence-electron chi connectivity index (χ3n) is 5.93. The summed E-state index contributed by atoms with van der Waals surface area (Å²) in [6.07, 6.45) is -4.27. The number of carbonyl (C=O) groups is 1. The number of nitrogens with one attached hydrogen (secondary N) is 1. The van der Waals surface area contributed by atoms with Gasteiger partial charge in [-0.2, -0.15) is 13.2 Å². The molecule has 0 bridgehead atoms. The predicted molar refractivity (Wildman–Crippen MR) is 125 cm³/mol. The molecule has 2 aromatic carbocycles. The van der Waals surface area contributed by atoms with Crippen LogP contribution in [0.4, 0.5) is 18.9 Å². The van der Waals surface area contributed by atoms with Gasteiger partial charge >= 0.3 is 6.18 Å². The molecule has 2 aromatic rings. The van der Waals surface area contributed by atoms with Crippen LogP contribution < -0.4 is 10.2 Å². The molecule has 1 heterocycles. The number of halogens is 3. The number of likely N-dealkylation sites (tertiary alicyclic amines) is 1. The van der Waals surface area contributed by atoms with Gasteiger partial charge in [-0.1, -0.05) is 30.3 Å². The number of rotatable bonds is 11. The quantitative estimate of drug-likeness (QED) is 0.489. The minimum absolute atomic E-state index is 0.131. The topological polar surface area (TPSA) is 54.0 Å². The van der Waals surface area contributed by atoms with E-state index >= 15 is 0 Å². The van der Waals surface area contributed by atoms with Gasteiger partial charge in [-0.25, -0.2) is 0 Å². The van der Waals surface area contributed by atoms with Crippen molar-refractivity contribution in [3.05, 3.63) is 65.7 Å². The van der Waals surface area contributed by atoms with E-state index in [2.05, 4.69) is 27.2 Å². The van der Waals surface area contributed by atoms with E-state index in [1.54, 1.807) is 19.2 Å². The lowest BCUT2D eigenvalue weighted by molar-refractivity contribution is -0.133. The number of alkyl halides is 3. The summed E-state index contributed by atoms with van der Waals surface area (Å²) in [6.45, 7) is 2.29. The second-order valence-corrected chi connectivity index (χ2v) is 8.45. The Hall–Kier alpha value is -2.62. The molecule has 0 aliphatic carbocycles. The summed E-state index contributed by atoms with van der Waals surface area (Å²) < 4.78 is 47.7. The lowest BCUT2D eigenvalue weighted by Crippen LogP contribution is -2.36. The summed E-state index contributed by atoms with van der Waals surface area (Å²) >= 11 is 0. The molecule has 1 N–H and O–H groups in total. The number of carbonyl (C=O) groups excluding carboxylic acids is 1. The van der Waals surface area contributed by atoms with E-state index < -0.39 is 25.0 Å². The van der Waals surface area contributed by atoms with Crippen molar-refractivity contribution < 1.29 is 27.4 Å². The van der Waals surface area contributed by atoms with Gasteiger partial charge in [0.1, 0.15) is 6.79 Å². The molecule has 0 saturated carbocycles. The van der Waals surface area contributed by atoms with Crippen molar-refractivity contribution in [1.29, 1.82) is 0 Å². The van der Waals surface area contributed by atoms with Crippen molar-refractivity contribution in [1.82, 2.24) is 10.2 Å². The number of hydrogen-bond acceptors (Lipinski definition) is 5. The number of nitrogens with zero attached hydrogens (tertiary/aromatic N) is 2. The maximum Gasteiger partial charge on any atom is 0.390 e. The van der Waals surface area contributed by atoms with Crippen LogP contribution in [0.3, 0.4) is 0 Å². The van der Waals surface area contributed by atoms with Crippen molar-refractivity contribution in [2.75, 3.05) is 52.0 Å². The van der Waals surface area contributed by atoms with Crippen molar-refractivity contribution in [2.24, 2.45) is 0 Å². The summed E-state index contributed by atoms with van der Waals surface area (Å²) in [5, 5.41) is 2.31. The Kier molecular flexibility index (Phi) is 9.32. The first-order valence-corrected chi connectivity index (χ1v) is 11.3. The third kappa shape index (κ3) is 7.72. The van der Waals surface area contributed by atoms with E-state index in [-0.39, 0.29) is 18.9 Å². The molecule has 1 saturated heterocycles. The lowest BCUT2D eigenvalue weighted by Gasteiger charge is -2.33.